The van der Waals surface area contributed by atoms with Crippen LogP contribution in [0.4, 0.5) is 8.78 Å². The molecule has 0 saturated carbocycles. The third kappa shape index (κ3) is 4.70. The first-order chi connectivity index (χ1) is 12.1. The highest BCUT2D eigenvalue weighted by Gasteiger charge is 2.08. The summed E-state index contributed by atoms with van der Waals surface area (Å²) < 4.78 is 32.5. The van der Waals surface area contributed by atoms with E-state index in [4.69, 9.17) is 4.74 Å². The highest BCUT2D eigenvalue weighted by Crippen LogP contribution is 2.12. The number of hydrazone groups is 1. The quantitative estimate of drug-likeness (QED) is 0.541. The third-order valence-electron chi connectivity index (χ3n) is 3.00. The number of aromatic nitrogens is 2. The van der Waals surface area contributed by atoms with E-state index in [-0.39, 0.29) is 23.4 Å². The number of rotatable bonds is 6. The van der Waals surface area contributed by atoms with Crippen LogP contribution in [0, 0.1) is 10.9 Å². The molecule has 0 atom stereocenters. The van der Waals surface area contributed by atoms with E-state index in [1.807, 2.05) is 0 Å². The number of nitrogens with one attached hydrogen (secondary N) is 1. The first-order valence-corrected chi connectivity index (χ1v) is 7.92. The zero-order valence-corrected chi connectivity index (χ0v) is 13.5. The summed E-state index contributed by atoms with van der Waals surface area (Å²) in [7, 11) is 0. The van der Waals surface area contributed by atoms with Gasteiger partial charge in [0.15, 0.2) is 17.6 Å². The van der Waals surface area contributed by atoms with E-state index in [9.17, 15) is 13.6 Å². The maximum atomic E-state index is 12.8. The molecular formula is C16H12F2N4O2S. The molecule has 0 bridgehead atoms. The molecule has 2 aromatic heterocycles. The summed E-state index contributed by atoms with van der Waals surface area (Å²) in [6.07, 6.45) is 2.91. The minimum absolute atomic E-state index is 0.0661. The molecular weight excluding hydrogens is 350 g/mol. The van der Waals surface area contributed by atoms with Crippen molar-refractivity contribution in [2.24, 2.45) is 5.10 Å². The summed E-state index contributed by atoms with van der Waals surface area (Å²) in [6.45, 7) is 0.0661. The fraction of sp³-hybridized carbons (Fsp3) is 0.0625. The summed E-state index contributed by atoms with van der Waals surface area (Å²) in [5, 5.41) is 7.47. The molecule has 25 heavy (non-hydrogen) atoms. The smallest absolute Gasteiger partial charge is 0.291 e. The molecule has 0 radical (unpaired) electrons. The Morgan fingerprint density at radius 3 is 2.76 bits per heavy atom. The number of hydrogen-bond donors (Lipinski definition) is 1. The van der Waals surface area contributed by atoms with Gasteiger partial charge < -0.3 is 4.74 Å². The predicted octanol–water partition coefficient (Wildman–Crippen LogP) is 3.02. The van der Waals surface area contributed by atoms with Crippen molar-refractivity contribution in [2.75, 3.05) is 0 Å². The third-order valence-corrected chi connectivity index (χ3v) is 3.81. The van der Waals surface area contributed by atoms with E-state index in [0.29, 0.717) is 10.6 Å². The minimum Gasteiger partial charge on any atom is -0.471 e. The lowest BCUT2D eigenvalue weighted by Gasteiger charge is -2.05. The molecule has 0 spiro atoms. The molecule has 6 nitrogen and oxygen atoms in total. The number of amides is 1. The molecule has 1 amide bonds. The van der Waals surface area contributed by atoms with Gasteiger partial charge >= 0.3 is 0 Å². The van der Waals surface area contributed by atoms with Crippen molar-refractivity contribution in [3.8, 4) is 5.75 Å². The molecule has 0 unspecified atom stereocenters. The van der Waals surface area contributed by atoms with Crippen molar-refractivity contribution >= 4 is 23.5 Å². The van der Waals surface area contributed by atoms with Crippen LogP contribution in [0.25, 0.3) is 0 Å². The van der Waals surface area contributed by atoms with Gasteiger partial charge in [0.25, 0.3) is 5.91 Å². The van der Waals surface area contributed by atoms with Gasteiger partial charge in [0.05, 0.1) is 11.1 Å². The Bertz CT molecular complexity index is 890. The number of thiophene rings is 1. The second-order valence-corrected chi connectivity index (χ2v) is 5.87. The van der Waals surface area contributed by atoms with Crippen LogP contribution in [0.15, 0.2) is 53.8 Å². The normalized spacial score (nSPS) is 11.0. The molecule has 0 saturated heterocycles. The largest absolute Gasteiger partial charge is 0.471 e. The molecule has 128 valence electrons. The Labute approximate surface area is 145 Å². The van der Waals surface area contributed by atoms with Gasteiger partial charge in [-0.05, 0) is 42.5 Å². The van der Waals surface area contributed by atoms with Gasteiger partial charge in [0, 0.05) is 6.20 Å². The Balaban J connectivity index is 1.52. The molecule has 0 aliphatic carbocycles. The number of carbonyl (C=O) groups is 1. The number of carbonyl (C=O) groups excluding carboxylic acids is 1. The van der Waals surface area contributed by atoms with Crippen molar-refractivity contribution < 1.29 is 18.3 Å². The molecule has 0 aliphatic heterocycles. The van der Waals surface area contributed by atoms with E-state index < -0.39 is 5.91 Å². The zero-order chi connectivity index (χ0) is 17.6. The highest BCUT2D eigenvalue weighted by atomic mass is 32.1. The lowest BCUT2D eigenvalue weighted by atomic mass is 10.3. The highest BCUT2D eigenvalue weighted by molar-refractivity contribution is 7.12. The zero-order valence-electron chi connectivity index (χ0n) is 12.7. The van der Waals surface area contributed by atoms with Gasteiger partial charge in [-0.15, -0.1) is 11.3 Å². The van der Waals surface area contributed by atoms with E-state index >= 15 is 0 Å². The van der Waals surface area contributed by atoms with Crippen molar-refractivity contribution in [3.63, 3.8) is 0 Å². The summed E-state index contributed by atoms with van der Waals surface area (Å²) in [6, 6.07) is 9.93. The number of benzene rings is 1. The summed E-state index contributed by atoms with van der Waals surface area (Å²) in [4.78, 5) is 12.5. The summed E-state index contributed by atoms with van der Waals surface area (Å²) >= 11 is 0.918. The maximum Gasteiger partial charge on any atom is 0.291 e. The Morgan fingerprint density at radius 2 is 2.04 bits per heavy atom. The van der Waals surface area contributed by atoms with Gasteiger partial charge in [0.1, 0.15) is 11.6 Å². The summed E-state index contributed by atoms with van der Waals surface area (Å²) in [5.74, 6) is -0.374. The number of ether oxygens (including phenoxy) is 1. The van der Waals surface area contributed by atoms with E-state index in [0.717, 1.165) is 11.3 Å². The molecule has 2 heterocycles. The lowest BCUT2D eigenvalue weighted by molar-refractivity contribution is 0.0948. The van der Waals surface area contributed by atoms with E-state index in [1.54, 1.807) is 12.3 Å². The molecule has 1 N–H and O–H groups in total. The van der Waals surface area contributed by atoms with Crippen LogP contribution in [0.1, 0.15) is 15.4 Å². The van der Waals surface area contributed by atoms with Crippen molar-refractivity contribution in [1.82, 2.24) is 15.2 Å². The molecule has 0 aliphatic rings. The van der Waals surface area contributed by atoms with Gasteiger partial charge in [0.2, 0.25) is 0 Å². The molecule has 3 aromatic rings. The van der Waals surface area contributed by atoms with E-state index in [1.165, 1.54) is 47.3 Å². The van der Waals surface area contributed by atoms with Crippen molar-refractivity contribution in [3.05, 3.63) is 70.2 Å². The fourth-order valence-corrected chi connectivity index (χ4v) is 2.44. The SMILES string of the molecule is O=C(N/N=C\c1ccc(F)s1)c1ccn(COc2ccc(F)cc2)n1. The van der Waals surface area contributed by atoms with Crippen LogP contribution in [0.3, 0.4) is 0 Å². The Morgan fingerprint density at radius 1 is 1.24 bits per heavy atom. The van der Waals surface area contributed by atoms with Crippen LogP contribution >= 0.6 is 11.3 Å². The molecule has 3 rings (SSSR count). The predicted molar refractivity (Wildman–Crippen MR) is 88.6 cm³/mol. The van der Waals surface area contributed by atoms with Crippen LogP contribution < -0.4 is 10.2 Å². The molecule has 9 heteroatoms. The Kier molecular flexibility index (Phi) is 5.14. The first-order valence-electron chi connectivity index (χ1n) is 7.11. The number of hydrogen-bond acceptors (Lipinski definition) is 5. The maximum absolute atomic E-state index is 12.8. The average molecular weight is 362 g/mol. The molecule has 0 fully saturated rings. The standard InChI is InChI=1S/C16H12F2N4O2S/c17-11-1-3-12(4-2-11)24-10-22-8-7-14(21-22)16(23)20-19-9-13-5-6-15(18)25-13/h1-9H,10H2,(H,20,23)/b19-9-. The second kappa shape index (κ2) is 7.67. The van der Waals surface area contributed by atoms with Crippen LogP contribution in [0.5, 0.6) is 5.75 Å². The number of nitrogens with zero attached hydrogens (tertiary/aromatic N) is 3. The topological polar surface area (TPSA) is 68.5 Å². The van der Waals surface area contributed by atoms with Gasteiger partial charge in [-0.1, -0.05) is 0 Å². The number of halogens is 2. The van der Waals surface area contributed by atoms with Crippen LogP contribution in [-0.4, -0.2) is 21.9 Å². The van der Waals surface area contributed by atoms with E-state index in [2.05, 4.69) is 15.6 Å². The van der Waals surface area contributed by atoms with Gasteiger partial charge in [-0.3, -0.25) is 4.79 Å². The minimum atomic E-state index is -0.506. The van der Waals surface area contributed by atoms with Gasteiger partial charge in [-0.2, -0.15) is 14.6 Å². The van der Waals surface area contributed by atoms with Crippen LogP contribution in [-0.2, 0) is 6.73 Å². The summed E-state index contributed by atoms with van der Waals surface area (Å²) in [5.41, 5.74) is 2.46. The van der Waals surface area contributed by atoms with Crippen molar-refractivity contribution in [2.45, 2.75) is 6.73 Å². The van der Waals surface area contributed by atoms with Gasteiger partial charge in [-0.25, -0.2) is 14.5 Å². The second-order valence-electron chi connectivity index (χ2n) is 4.81. The average Bonchev–Trinajstić information content (AvgIpc) is 3.23. The van der Waals surface area contributed by atoms with Crippen molar-refractivity contribution in [1.29, 1.82) is 0 Å². The fourth-order valence-electron chi connectivity index (χ4n) is 1.84. The lowest BCUT2D eigenvalue weighted by Crippen LogP contribution is -2.19. The first kappa shape index (κ1) is 16.8. The van der Waals surface area contributed by atoms with Crippen LogP contribution in [0.2, 0.25) is 0 Å². The monoisotopic (exact) mass is 362 g/mol. The Hall–Kier alpha value is -3.07. The molecule has 1 aromatic carbocycles.